The number of carbonyl (C=O) groups is 1. The maximum absolute atomic E-state index is 11.1. The first-order chi connectivity index (χ1) is 9.58. The molecule has 1 aromatic carbocycles. The summed E-state index contributed by atoms with van der Waals surface area (Å²) < 4.78 is 0. The van der Waals surface area contributed by atoms with Gasteiger partial charge in [0.2, 0.25) is 0 Å². The van der Waals surface area contributed by atoms with Crippen LogP contribution in [0.15, 0.2) is 48.8 Å². The Bertz CT molecular complexity index is 567. The van der Waals surface area contributed by atoms with Crippen molar-refractivity contribution in [1.29, 1.82) is 0 Å². The van der Waals surface area contributed by atoms with Crippen LogP contribution in [0.4, 0.5) is 5.69 Å². The zero-order valence-corrected chi connectivity index (χ0v) is 11.7. The molecule has 0 spiro atoms. The average Bonchev–Trinajstić information content (AvgIpc) is 2.46. The number of anilines is 1. The van der Waals surface area contributed by atoms with Crippen molar-refractivity contribution in [2.45, 2.75) is 19.9 Å². The van der Waals surface area contributed by atoms with Gasteiger partial charge in [-0.1, -0.05) is 17.7 Å². The first kappa shape index (κ1) is 14.1. The van der Waals surface area contributed by atoms with Crippen molar-refractivity contribution in [2.75, 3.05) is 11.4 Å². The van der Waals surface area contributed by atoms with Crippen molar-refractivity contribution in [2.24, 2.45) is 0 Å². The fourth-order valence-corrected chi connectivity index (χ4v) is 2.16. The van der Waals surface area contributed by atoms with Crippen LogP contribution in [0.1, 0.15) is 24.1 Å². The molecule has 1 heterocycles. The van der Waals surface area contributed by atoms with Crippen molar-refractivity contribution in [1.82, 2.24) is 4.98 Å². The molecular weight excluding hydrogens is 252 g/mol. The topological polar surface area (TPSA) is 53.4 Å². The number of carboxylic acids is 1. The van der Waals surface area contributed by atoms with E-state index in [4.69, 9.17) is 5.11 Å². The highest BCUT2D eigenvalue weighted by atomic mass is 16.4. The predicted molar refractivity (Wildman–Crippen MR) is 78.8 cm³/mol. The van der Waals surface area contributed by atoms with Gasteiger partial charge in [0.15, 0.2) is 0 Å². The highest BCUT2D eigenvalue weighted by molar-refractivity contribution is 5.74. The van der Waals surface area contributed by atoms with Gasteiger partial charge in [0.25, 0.3) is 0 Å². The van der Waals surface area contributed by atoms with Gasteiger partial charge in [-0.3, -0.25) is 9.78 Å². The normalized spacial score (nSPS) is 11.9. The summed E-state index contributed by atoms with van der Waals surface area (Å²) in [6.07, 6.45) is 3.44. The van der Waals surface area contributed by atoms with Crippen molar-refractivity contribution in [3.8, 4) is 0 Å². The molecule has 1 unspecified atom stereocenters. The van der Waals surface area contributed by atoms with Crippen molar-refractivity contribution < 1.29 is 9.90 Å². The van der Waals surface area contributed by atoms with Crippen molar-refractivity contribution in [3.63, 3.8) is 0 Å². The minimum atomic E-state index is -0.841. The van der Waals surface area contributed by atoms with Gasteiger partial charge >= 0.3 is 5.97 Å². The molecule has 0 saturated carbocycles. The molecule has 2 rings (SSSR count). The molecule has 0 aliphatic carbocycles. The van der Waals surface area contributed by atoms with E-state index in [0.29, 0.717) is 0 Å². The Labute approximate surface area is 118 Å². The number of nitrogens with zero attached hydrogens (tertiary/aromatic N) is 2. The van der Waals surface area contributed by atoms with Gasteiger partial charge in [0, 0.05) is 18.1 Å². The third-order valence-corrected chi connectivity index (χ3v) is 3.33. The van der Waals surface area contributed by atoms with Crippen LogP contribution >= 0.6 is 0 Å². The summed E-state index contributed by atoms with van der Waals surface area (Å²) in [6, 6.07) is 11.7. The zero-order valence-electron chi connectivity index (χ0n) is 11.7. The Kier molecular flexibility index (Phi) is 4.35. The Morgan fingerprint density at radius 3 is 2.35 bits per heavy atom. The van der Waals surface area contributed by atoms with Gasteiger partial charge in [-0.2, -0.15) is 0 Å². The van der Waals surface area contributed by atoms with Crippen LogP contribution in [-0.2, 0) is 4.79 Å². The molecule has 4 nitrogen and oxygen atoms in total. The number of hydrogen-bond acceptors (Lipinski definition) is 3. The van der Waals surface area contributed by atoms with E-state index in [-0.39, 0.29) is 12.6 Å². The predicted octanol–water partition coefficient (Wildman–Crippen LogP) is 3.04. The highest BCUT2D eigenvalue weighted by Crippen LogP contribution is 2.26. The van der Waals surface area contributed by atoms with Gasteiger partial charge in [-0.05, 0) is 43.7 Å². The maximum atomic E-state index is 11.1. The molecule has 4 heteroatoms. The van der Waals surface area contributed by atoms with Gasteiger partial charge in [0.05, 0.1) is 6.04 Å². The van der Waals surface area contributed by atoms with Gasteiger partial charge in [-0.25, -0.2) is 0 Å². The molecule has 0 fully saturated rings. The summed E-state index contributed by atoms with van der Waals surface area (Å²) in [5.41, 5.74) is 3.10. The van der Waals surface area contributed by atoms with E-state index in [1.54, 1.807) is 12.4 Å². The molecule has 0 bridgehead atoms. The summed E-state index contributed by atoms with van der Waals surface area (Å²) in [5, 5.41) is 9.14. The van der Waals surface area contributed by atoms with Crippen LogP contribution < -0.4 is 4.90 Å². The van der Waals surface area contributed by atoms with E-state index >= 15 is 0 Å². The SMILES string of the molecule is Cc1ccc(N(CC(=O)O)C(C)c2ccncc2)cc1. The second kappa shape index (κ2) is 6.19. The zero-order chi connectivity index (χ0) is 14.5. The lowest BCUT2D eigenvalue weighted by atomic mass is 10.1. The monoisotopic (exact) mass is 270 g/mol. The minimum absolute atomic E-state index is 0.0307. The number of hydrogen-bond donors (Lipinski definition) is 1. The number of benzene rings is 1. The maximum Gasteiger partial charge on any atom is 0.323 e. The Morgan fingerprint density at radius 2 is 1.80 bits per heavy atom. The second-order valence-electron chi connectivity index (χ2n) is 4.81. The smallest absolute Gasteiger partial charge is 0.323 e. The number of carboxylic acid groups (broad SMARTS) is 1. The molecule has 0 saturated heterocycles. The number of aryl methyl sites for hydroxylation is 1. The van der Waals surface area contributed by atoms with Crippen LogP contribution in [0.2, 0.25) is 0 Å². The van der Waals surface area contributed by atoms with Crippen molar-refractivity contribution >= 4 is 11.7 Å². The molecule has 0 amide bonds. The fourth-order valence-electron chi connectivity index (χ4n) is 2.16. The van der Waals surface area contributed by atoms with E-state index in [2.05, 4.69) is 4.98 Å². The van der Waals surface area contributed by atoms with Crippen LogP contribution in [0.25, 0.3) is 0 Å². The van der Waals surface area contributed by atoms with Crippen LogP contribution in [0.5, 0.6) is 0 Å². The molecule has 1 N–H and O–H groups in total. The lowest BCUT2D eigenvalue weighted by molar-refractivity contribution is -0.135. The largest absolute Gasteiger partial charge is 0.480 e. The molecule has 20 heavy (non-hydrogen) atoms. The third kappa shape index (κ3) is 3.35. The summed E-state index contributed by atoms with van der Waals surface area (Å²) in [4.78, 5) is 17.0. The van der Waals surface area contributed by atoms with Crippen LogP contribution in [0, 0.1) is 6.92 Å². The number of aromatic nitrogens is 1. The van der Waals surface area contributed by atoms with Gasteiger partial charge in [0.1, 0.15) is 6.54 Å². The molecule has 1 aromatic heterocycles. The van der Waals surface area contributed by atoms with E-state index in [1.807, 2.05) is 55.1 Å². The Balaban J connectivity index is 2.32. The standard InChI is InChI=1S/C16H18N2O2/c1-12-3-5-15(6-4-12)18(11-16(19)20)13(2)14-7-9-17-10-8-14/h3-10,13H,11H2,1-2H3,(H,19,20). The number of pyridine rings is 1. The summed E-state index contributed by atoms with van der Waals surface area (Å²) in [6.45, 7) is 3.97. The van der Waals surface area contributed by atoms with Gasteiger partial charge in [-0.15, -0.1) is 0 Å². The lowest BCUT2D eigenvalue weighted by Crippen LogP contribution is -2.32. The molecule has 1 atom stereocenters. The summed E-state index contributed by atoms with van der Waals surface area (Å²) in [5.74, 6) is -0.841. The quantitative estimate of drug-likeness (QED) is 0.907. The molecule has 0 radical (unpaired) electrons. The summed E-state index contributed by atoms with van der Waals surface area (Å²) >= 11 is 0. The van der Waals surface area contributed by atoms with E-state index < -0.39 is 5.97 Å². The van der Waals surface area contributed by atoms with Crippen molar-refractivity contribution in [3.05, 3.63) is 59.9 Å². The number of aliphatic carboxylic acids is 1. The van der Waals surface area contributed by atoms with Crippen LogP contribution in [-0.4, -0.2) is 22.6 Å². The Hall–Kier alpha value is -2.36. The minimum Gasteiger partial charge on any atom is -0.480 e. The molecular formula is C16H18N2O2. The molecule has 0 aliphatic heterocycles. The van der Waals surface area contributed by atoms with E-state index in [1.165, 1.54) is 0 Å². The molecule has 104 valence electrons. The Morgan fingerprint density at radius 1 is 1.20 bits per heavy atom. The molecule has 0 aliphatic rings. The van der Waals surface area contributed by atoms with E-state index in [0.717, 1.165) is 16.8 Å². The van der Waals surface area contributed by atoms with Gasteiger partial charge < -0.3 is 10.0 Å². The highest BCUT2D eigenvalue weighted by Gasteiger charge is 2.18. The third-order valence-electron chi connectivity index (χ3n) is 3.33. The van der Waals surface area contributed by atoms with E-state index in [9.17, 15) is 4.79 Å². The summed E-state index contributed by atoms with van der Waals surface area (Å²) in [7, 11) is 0. The average molecular weight is 270 g/mol. The molecule has 2 aromatic rings. The second-order valence-corrected chi connectivity index (χ2v) is 4.81. The van der Waals surface area contributed by atoms with Crippen LogP contribution in [0.3, 0.4) is 0 Å². The first-order valence-electron chi connectivity index (χ1n) is 6.53. The fraction of sp³-hybridized carbons (Fsp3) is 0.250. The first-order valence-corrected chi connectivity index (χ1v) is 6.53. The number of rotatable bonds is 5. The lowest BCUT2D eigenvalue weighted by Gasteiger charge is -2.30.